The summed E-state index contributed by atoms with van der Waals surface area (Å²) in [5, 5.41) is 0.541. The molecule has 2 aromatic carbocycles. The first-order valence-electron chi connectivity index (χ1n) is 6.29. The summed E-state index contributed by atoms with van der Waals surface area (Å²) in [6.07, 6.45) is -3.60. The smallest absolute Gasteiger partial charge is 0.325 e. The van der Waals surface area contributed by atoms with E-state index in [0.29, 0.717) is 5.02 Å². The Balaban J connectivity index is 2.23. The van der Waals surface area contributed by atoms with Crippen LogP contribution in [-0.2, 0) is 12.6 Å². The number of rotatable bonds is 4. The first-order valence-corrected chi connectivity index (χ1v) is 7.48. The van der Waals surface area contributed by atoms with Crippen LogP contribution in [0.25, 0.3) is 0 Å². The number of anilines is 1. The van der Waals surface area contributed by atoms with Gasteiger partial charge in [-0.25, -0.2) is 0 Å². The second kappa shape index (κ2) is 6.62. The van der Waals surface area contributed by atoms with Crippen molar-refractivity contribution in [1.82, 2.24) is 0 Å². The topological polar surface area (TPSA) is 12.0 Å². The molecule has 0 saturated carbocycles. The van der Waals surface area contributed by atoms with E-state index in [-0.39, 0.29) is 4.90 Å². The molecule has 0 saturated heterocycles. The third-order valence-electron chi connectivity index (χ3n) is 2.92. The number of benzene rings is 2. The largest absolute Gasteiger partial charge is 0.417 e. The quantitative estimate of drug-likeness (QED) is 0.685. The van der Waals surface area contributed by atoms with Gasteiger partial charge in [-0.15, -0.1) is 0 Å². The van der Waals surface area contributed by atoms with Crippen molar-refractivity contribution >= 4 is 29.2 Å². The van der Waals surface area contributed by atoms with E-state index in [1.54, 1.807) is 18.2 Å². The molecule has 0 aliphatic rings. The summed E-state index contributed by atoms with van der Waals surface area (Å²) in [6.45, 7) is 1.97. The van der Waals surface area contributed by atoms with Crippen molar-refractivity contribution in [2.24, 2.45) is 0 Å². The van der Waals surface area contributed by atoms with Gasteiger partial charge in [-0.1, -0.05) is 36.7 Å². The SMILES string of the molecule is CCc1ccc(Cl)cc1NSc1ccccc1C(F)(F)F. The highest BCUT2D eigenvalue weighted by Gasteiger charge is 2.33. The van der Waals surface area contributed by atoms with Crippen LogP contribution >= 0.6 is 23.5 Å². The molecule has 1 N–H and O–H groups in total. The number of hydrogen-bond acceptors (Lipinski definition) is 2. The first-order chi connectivity index (χ1) is 9.91. The highest BCUT2D eigenvalue weighted by Crippen LogP contribution is 2.37. The molecular weight excluding hydrogens is 319 g/mol. The third kappa shape index (κ3) is 4.08. The van der Waals surface area contributed by atoms with E-state index in [4.69, 9.17) is 11.6 Å². The lowest BCUT2D eigenvalue weighted by Crippen LogP contribution is -2.07. The van der Waals surface area contributed by atoms with Crippen molar-refractivity contribution < 1.29 is 13.2 Å². The standard InChI is InChI=1S/C15H13ClF3NS/c1-2-10-7-8-11(16)9-13(10)20-21-14-6-4-3-5-12(14)15(17,18)19/h3-9,20H,2H2,1H3. The van der Waals surface area contributed by atoms with E-state index in [2.05, 4.69) is 4.72 Å². The summed E-state index contributed by atoms with van der Waals surface area (Å²) in [6, 6.07) is 10.8. The van der Waals surface area contributed by atoms with Crippen molar-refractivity contribution in [1.29, 1.82) is 0 Å². The molecule has 0 unspecified atom stereocenters. The van der Waals surface area contributed by atoms with Gasteiger partial charge in [0.2, 0.25) is 0 Å². The molecule has 21 heavy (non-hydrogen) atoms. The van der Waals surface area contributed by atoms with E-state index < -0.39 is 11.7 Å². The fourth-order valence-corrected chi connectivity index (χ4v) is 2.87. The predicted molar refractivity (Wildman–Crippen MR) is 81.8 cm³/mol. The molecule has 112 valence electrons. The Labute approximate surface area is 130 Å². The molecule has 0 aromatic heterocycles. The molecule has 0 aliphatic carbocycles. The average molecular weight is 332 g/mol. The first kappa shape index (κ1) is 16.0. The molecule has 0 radical (unpaired) electrons. The van der Waals surface area contributed by atoms with E-state index >= 15 is 0 Å². The van der Waals surface area contributed by atoms with Gasteiger partial charge in [0, 0.05) is 15.6 Å². The molecule has 2 rings (SSSR count). The predicted octanol–water partition coefficient (Wildman–Crippen LogP) is 6.04. The summed E-state index contributed by atoms with van der Waals surface area (Å²) in [5.74, 6) is 0. The maximum atomic E-state index is 12.9. The molecule has 1 nitrogen and oxygen atoms in total. The van der Waals surface area contributed by atoms with Gasteiger partial charge in [-0.3, -0.25) is 0 Å². The van der Waals surface area contributed by atoms with Crippen molar-refractivity contribution in [3.63, 3.8) is 0 Å². The number of hydrogen-bond donors (Lipinski definition) is 1. The van der Waals surface area contributed by atoms with E-state index in [0.717, 1.165) is 35.7 Å². The van der Waals surface area contributed by atoms with Crippen LogP contribution in [0.2, 0.25) is 5.02 Å². The summed E-state index contributed by atoms with van der Waals surface area (Å²) in [7, 11) is 0. The summed E-state index contributed by atoms with van der Waals surface area (Å²) >= 11 is 6.87. The molecular formula is C15H13ClF3NS. The molecule has 2 aromatic rings. The van der Waals surface area contributed by atoms with Gasteiger partial charge >= 0.3 is 6.18 Å². The maximum Gasteiger partial charge on any atom is 0.417 e. The Morgan fingerprint density at radius 2 is 1.86 bits per heavy atom. The maximum absolute atomic E-state index is 12.9. The Morgan fingerprint density at radius 3 is 2.52 bits per heavy atom. The number of halogens is 4. The Bertz CT molecular complexity index is 629. The van der Waals surface area contributed by atoms with Gasteiger partial charge < -0.3 is 4.72 Å². The van der Waals surface area contributed by atoms with Crippen molar-refractivity contribution in [3.8, 4) is 0 Å². The van der Waals surface area contributed by atoms with Crippen molar-refractivity contribution in [2.45, 2.75) is 24.4 Å². The monoisotopic (exact) mass is 331 g/mol. The molecule has 0 fully saturated rings. The zero-order valence-corrected chi connectivity index (χ0v) is 12.7. The molecule has 0 atom stereocenters. The van der Waals surface area contributed by atoms with E-state index in [1.807, 2.05) is 13.0 Å². The van der Waals surface area contributed by atoms with Gasteiger partial charge in [0.25, 0.3) is 0 Å². The zero-order chi connectivity index (χ0) is 15.5. The van der Waals surface area contributed by atoms with Crippen LogP contribution in [0.5, 0.6) is 0 Å². The zero-order valence-electron chi connectivity index (χ0n) is 11.2. The summed E-state index contributed by atoms with van der Waals surface area (Å²) in [5.41, 5.74) is 1.07. The molecule has 0 spiro atoms. The van der Waals surface area contributed by atoms with Crippen LogP contribution in [0.4, 0.5) is 18.9 Å². The van der Waals surface area contributed by atoms with E-state index in [9.17, 15) is 13.2 Å². The Hall–Kier alpha value is -1.33. The van der Waals surface area contributed by atoms with Gasteiger partial charge in [-0.05, 0) is 48.2 Å². The second-order valence-corrected chi connectivity index (χ2v) is 5.64. The highest BCUT2D eigenvalue weighted by molar-refractivity contribution is 8.00. The lowest BCUT2D eigenvalue weighted by molar-refractivity contribution is -0.139. The van der Waals surface area contributed by atoms with Crippen molar-refractivity contribution in [3.05, 3.63) is 58.6 Å². The van der Waals surface area contributed by atoms with Crippen LogP contribution in [0.3, 0.4) is 0 Å². The van der Waals surface area contributed by atoms with Crippen LogP contribution in [0, 0.1) is 0 Å². The van der Waals surface area contributed by atoms with E-state index in [1.165, 1.54) is 12.1 Å². The summed E-state index contributed by atoms with van der Waals surface area (Å²) < 4.78 is 41.7. The number of aryl methyl sites for hydroxylation is 1. The second-order valence-electron chi connectivity index (χ2n) is 4.35. The van der Waals surface area contributed by atoms with Gasteiger partial charge in [0.1, 0.15) is 0 Å². The number of nitrogens with one attached hydrogen (secondary N) is 1. The molecule has 0 amide bonds. The minimum Gasteiger partial charge on any atom is -0.325 e. The Kier molecular flexibility index (Phi) is 5.06. The van der Waals surface area contributed by atoms with Crippen LogP contribution in [0.1, 0.15) is 18.1 Å². The van der Waals surface area contributed by atoms with Crippen LogP contribution in [0.15, 0.2) is 47.4 Å². The van der Waals surface area contributed by atoms with Crippen LogP contribution in [-0.4, -0.2) is 0 Å². The molecule has 0 bridgehead atoms. The molecule has 0 aliphatic heterocycles. The summed E-state index contributed by atoms with van der Waals surface area (Å²) in [4.78, 5) is 0.132. The number of alkyl halides is 3. The minimum absolute atomic E-state index is 0.132. The third-order valence-corrected chi connectivity index (χ3v) is 4.05. The lowest BCUT2D eigenvalue weighted by atomic mass is 10.1. The highest BCUT2D eigenvalue weighted by atomic mass is 35.5. The minimum atomic E-state index is -4.37. The fraction of sp³-hybridized carbons (Fsp3) is 0.200. The molecule has 0 heterocycles. The van der Waals surface area contributed by atoms with Gasteiger partial charge in [0.15, 0.2) is 0 Å². The Morgan fingerprint density at radius 1 is 1.14 bits per heavy atom. The lowest BCUT2D eigenvalue weighted by Gasteiger charge is -2.14. The van der Waals surface area contributed by atoms with Gasteiger partial charge in [0.05, 0.1) is 5.56 Å². The van der Waals surface area contributed by atoms with Gasteiger partial charge in [-0.2, -0.15) is 13.2 Å². The van der Waals surface area contributed by atoms with Crippen LogP contribution < -0.4 is 4.72 Å². The average Bonchev–Trinajstić information content (AvgIpc) is 2.44. The van der Waals surface area contributed by atoms with Crippen molar-refractivity contribution in [2.75, 3.05) is 4.72 Å². The normalized spacial score (nSPS) is 11.5. The fourth-order valence-electron chi connectivity index (χ4n) is 1.85. The molecule has 6 heteroatoms.